The van der Waals surface area contributed by atoms with Crippen molar-refractivity contribution in [2.45, 2.75) is 38.6 Å². The van der Waals surface area contributed by atoms with Crippen molar-refractivity contribution >= 4 is 5.91 Å². The fourth-order valence-electron chi connectivity index (χ4n) is 1.86. The van der Waals surface area contributed by atoms with Crippen molar-refractivity contribution in [3.05, 3.63) is 11.9 Å². The number of nitrogens with one attached hydrogen (secondary N) is 2. The van der Waals surface area contributed by atoms with Crippen LogP contribution in [0.4, 0.5) is 0 Å². The summed E-state index contributed by atoms with van der Waals surface area (Å²) in [6, 6.07) is 0.351. The van der Waals surface area contributed by atoms with Gasteiger partial charge < -0.3 is 10.6 Å². The molecular formula is C12H21N5O. The van der Waals surface area contributed by atoms with Gasteiger partial charge in [-0.2, -0.15) is 0 Å². The predicted molar refractivity (Wildman–Crippen MR) is 68.4 cm³/mol. The highest BCUT2D eigenvalue weighted by atomic mass is 16.2. The van der Waals surface area contributed by atoms with Crippen molar-refractivity contribution < 1.29 is 4.79 Å². The highest BCUT2D eigenvalue weighted by Crippen LogP contribution is 2.09. The minimum absolute atomic E-state index is 0.120. The summed E-state index contributed by atoms with van der Waals surface area (Å²) in [6.07, 6.45) is 6.35. The van der Waals surface area contributed by atoms with Crippen molar-refractivity contribution in [3.63, 3.8) is 0 Å². The molecule has 2 rings (SSSR count). The third-order valence-electron chi connectivity index (χ3n) is 3.19. The Morgan fingerprint density at radius 3 is 3.00 bits per heavy atom. The van der Waals surface area contributed by atoms with E-state index in [9.17, 15) is 4.79 Å². The van der Waals surface area contributed by atoms with Crippen LogP contribution in [0.2, 0.25) is 0 Å². The predicted octanol–water partition coefficient (Wildman–Crippen LogP) is 0.732. The van der Waals surface area contributed by atoms with Crippen LogP contribution in [-0.2, 0) is 0 Å². The van der Waals surface area contributed by atoms with Gasteiger partial charge in [-0.3, -0.25) is 4.79 Å². The molecule has 0 bridgehead atoms. The van der Waals surface area contributed by atoms with Crippen LogP contribution >= 0.6 is 0 Å². The topological polar surface area (TPSA) is 71.8 Å². The van der Waals surface area contributed by atoms with E-state index in [4.69, 9.17) is 0 Å². The normalized spacial score (nSPS) is 15.4. The average Bonchev–Trinajstić information content (AvgIpc) is 2.75. The smallest absolute Gasteiger partial charge is 0.273 e. The molecular weight excluding hydrogens is 230 g/mol. The second-order valence-electron chi connectivity index (χ2n) is 4.71. The number of unbranched alkanes of at least 4 members (excludes halogenated alkanes) is 3. The Bertz CT molecular complexity index is 386. The molecule has 100 valence electrons. The molecule has 0 spiro atoms. The van der Waals surface area contributed by atoms with Crippen molar-refractivity contribution in [1.29, 1.82) is 0 Å². The summed E-state index contributed by atoms with van der Waals surface area (Å²) >= 11 is 0. The fraction of sp³-hybridized carbons (Fsp3) is 0.750. The van der Waals surface area contributed by atoms with Crippen molar-refractivity contribution in [1.82, 2.24) is 25.6 Å². The maximum atomic E-state index is 11.8. The molecule has 2 N–H and O–H groups in total. The molecule has 0 radical (unpaired) electrons. The SMILES string of the molecule is CCCCCCNC(=O)c1cn(C2CNC2)nn1. The summed E-state index contributed by atoms with van der Waals surface area (Å²) in [5.74, 6) is -0.120. The zero-order valence-corrected chi connectivity index (χ0v) is 10.9. The summed E-state index contributed by atoms with van der Waals surface area (Å²) in [7, 11) is 0. The Kier molecular flexibility index (Phi) is 4.69. The number of hydrogen-bond acceptors (Lipinski definition) is 4. The van der Waals surface area contributed by atoms with Crippen LogP contribution in [0.25, 0.3) is 0 Å². The van der Waals surface area contributed by atoms with Crippen molar-refractivity contribution in [2.75, 3.05) is 19.6 Å². The largest absolute Gasteiger partial charge is 0.351 e. The van der Waals surface area contributed by atoms with E-state index in [0.717, 1.165) is 32.5 Å². The zero-order valence-electron chi connectivity index (χ0n) is 10.9. The van der Waals surface area contributed by atoms with E-state index >= 15 is 0 Å². The molecule has 0 saturated carbocycles. The Morgan fingerprint density at radius 2 is 2.33 bits per heavy atom. The Morgan fingerprint density at radius 1 is 1.50 bits per heavy atom. The molecule has 6 heteroatoms. The van der Waals surface area contributed by atoms with E-state index in [-0.39, 0.29) is 5.91 Å². The van der Waals surface area contributed by atoms with Crippen LogP contribution in [0.1, 0.15) is 49.1 Å². The van der Waals surface area contributed by atoms with E-state index in [1.165, 1.54) is 12.8 Å². The van der Waals surface area contributed by atoms with Gasteiger partial charge in [0, 0.05) is 19.6 Å². The lowest BCUT2D eigenvalue weighted by molar-refractivity contribution is 0.0948. The lowest BCUT2D eigenvalue weighted by atomic mass is 10.2. The second-order valence-corrected chi connectivity index (χ2v) is 4.71. The molecule has 6 nitrogen and oxygen atoms in total. The molecule has 1 aliphatic rings. The van der Waals surface area contributed by atoms with E-state index in [1.807, 2.05) is 0 Å². The highest BCUT2D eigenvalue weighted by molar-refractivity contribution is 5.91. The summed E-state index contributed by atoms with van der Waals surface area (Å²) in [4.78, 5) is 11.8. The van der Waals surface area contributed by atoms with E-state index < -0.39 is 0 Å². The summed E-state index contributed by atoms with van der Waals surface area (Å²) in [5.41, 5.74) is 0.414. The quantitative estimate of drug-likeness (QED) is 0.701. The van der Waals surface area contributed by atoms with Gasteiger partial charge in [0.2, 0.25) is 0 Å². The molecule has 0 aromatic carbocycles. The van der Waals surface area contributed by atoms with Crippen LogP contribution in [0.5, 0.6) is 0 Å². The van der Waals surface area contributed by atoms with Gasteiger partial charge in [0.15, 0.2) is 5.69 Å². The van der Waals surface area contributed by atoms with Gasteiger partial charge in [-0.1, -0.05) is 31.4 Å². The molecule has 2 heterocycles. The van der Waals surface area contributed by atoms with E-state index in [0.29, 0.717) is 11.7 Å². The lowest BCUT2D eigenvalue weighted by Crippen LogP contribution is -2.43. The van der Waals surface area contributed by atoms with Gasteiger partial charge in [-0.25, -0.2) is 4.68 Å². The van der Waals surface area contributed by atoms with Crippen LogP contribution in [-0.4, -0.2) is 40.5 Å². The molecule has 0 unspecified atom stereocenters. The lowest BCUT2D eigenvalue weighted by Gasteiger charge is -2.26. The minimum atomic E-state index is -0.120. The molecule has 0 aliphatic carbocycles. The van der Waals surface area contributed by atoms with Crippen LogP contribution in [0, 0.1) is 0 Å². The molecule has 1 fully saturated rings. The first-order valence-corrected chi connectivity index (χ1v) is 6.72. The minimum Gasteiger partial charge on any atom is -0.351 e. The first-order chi connectivity index (χ1) is 8.81. The molecule has 1 aliphatic heterocycles. The number of carbonyl (C=O) groups is 1. The van der Waals surface area contributed by atoms with Gasteiger partial charge in [0.25, 0.3) is 5.91 Å². The highest BCUT2D eigenvalue weighted by Gasteiger charge is 2.21. The van der Waals surface area contributed by atoms with Gasteiger partial charge >= 0.3 is 0 Å². The van der Waals surface area contributed by atoms with Crippen molar-refractivity contribution in [3.8, 4) is 0 Å². The molecule has 1 saturated heterocycles. The first-order valence-electron chi connectivity index (χ1n) is 6.72. The van der Waals surface area contributed by atoms with Gasteiger partial charge in [-0.15, -0.1) is 5.10 Å². The van der Waals surface area contributed by atoms with Crippen LogP contribution < -0.4 is 10.6 Å². The molecule has 1 aromatic rings. The Hall–Kier alpha value is -1.43. The number of carbonyl (C=O) groups excluding carboxylic acids is 1. The number of rotatable bonds is 7. The molecule has 1 amide bonds. The van der Waals surface area contributed by atoms with Crippen LogP contribution in [0.3, 0.4) is 0 Å². The third-order valence-corrected chi connectivity index (χ3v) is 3.19. The number of aromatic nitrogens is 3. The summed E-state index contributed by atoms with van der Waals surface area (Å²) < 4.78 is 1.77. The molecule has 1 aromatic heterocycles. The number of amides is 1. The van der Waals surface area contributed by atoms with Crippen LogP contribution in [0.15, 0.2) is 6.20 Å². The molecule has 0 atom stereocenters. The average molecular weight is 251 g/mol. The standard InChI is InChI=1S/C12H21N5O/c1-2-3-4-5-6-14-12(18)11-9-17(16-15-11)10-7-13-8-10/h9-10,13H,2-8H2,1H3,(H,14,18). The van der Waals surface area contributed by atoms with Gasteiger partial charge in [0.05, 0.1) is 12.2 Å². The summed E-state index contributed by atoms with van der Waals surface area (Å²) in [6.45, 7) is 4.70. The van der Waals surface area contributed by atoms with Gasteiger partial charge in [-0.05, 0) is 6.42 Å². The maximum absolute atomic E-state index is 11.8. The summed E-state index contributed by atoms with van der Waals surface area (Å²) in [5, 5.41) is 13.9. The Balaban J connectivity index is 1.72. The first kappa shape index (κ1) is 13.0. The zero-order chi connectivity index (χ0) is 12.8. The fourth-order valence-corrected chi connectivity index (χ4v) is 1.86. The van der Waals surface area contributed by atoms with E-state index in [1.54, 1.807) is 10.9 Å². The number of hydrogen-bond donors (Lipinski definition) is 2. The second kappa shape index (κ2) is 6.49. The Labute approximate surface area is 107 Å². The number of nitrogens with zero attached hydrogens (tertiary/aromatic N) is 3. The maximum Gasteiger partial charge on any atom is 0.273 e. The molecule has 18 heavy (non-hydrogen) atoms. The monoisotopic (exact) mass is 251 g/mol. The van der Waals surface area contributed by atoms with E-state index in [2.05, 4.69) is 27.9 Å². The van der Waals surface area contributed by atoms with Crippen molar-refractivity contribution in [2.24, 2.45) is 0 Å². The van der Waals surface area contributed by atoms with Gasteiger partial charge in [0.1, 0.15) is 0 Å². The third kappa shape index (κ3) is 3.29.